The highest BCUT2D eigenvalue weighted by molar-refractivity contribution is 5.40. The third-order valence-corrected chi connectivity index (χ3v) is 4.41. The van der Waals surface area contributed by atoms with Crippen LogP contribution in [0.25, 0.3) is 5.82 Å². The van der Waals surface area contributed by atoms with Crippen molar-refractivity contribution in [2.24, 2.45) is 5.92 Å². The lowest BCUT2D eigenvalue weighted by Crippen LogP contribution is -2.37. The van der Waals surface area contributed by atoms with Crippen LogP contribution in [-0.4, -0.2) is 44.3 Å². The molecular formula is C16H23N5O. The molecule has 0 radical (unpaired) electrons. The Labute approximate surface area is 130 Å². The Bertz CT molecular complexity index is 626. The summed E-state index contributed by atoms with van der Waals surface area (Å²) in [6, 6.07) is 5.99. The summed E-state index contributed by atoms with van der Waals surface area (Å²) in [6.07, 6.45) is 1.78. The zero-order valence-corrected chi connectivity index (χ0v) is 13.4. The van der Waals surface area contributed by atoms with Gasteiger partial charge in [-0.2, -0.15) is 5.10 Å². The molecule has 0 aliphatic carbocycles. The number of hydrogen-bond acceptors (Lipinski definition) is 5. The van der Waals surface area contributed by atoms with Gasteiger partial charge in [0.15, 0.2) is 11.6 Å². The summed E-state index contributed by atoms with van der Waals surface area (Å²) in [5, 5.41) is 22.8. The normalized spacial score (nSPS) is 17.7. The number of aliphatic hydroxyl groups excluding tert-OH is 1. The lowest BCUT2D eigenvalue weighted by atomic mass is 9.92. The van der Waals surface area contributed by atoms with E-state index in [1.54, 1.807) is 0 Å². The first-order valence-corrected chi connectivity index (χ1v) is 7.85. The molecule has 1 aliphatic heterocycles. The second-order valence-electron chi connectivity index (χ2n) is 6.15. The van der Waals surface area contributed by atoms with Crippen LogP contribution in [0, 0.1) is 19.8 Å². The third kappa shape index (κ3) is 2.97. The van der Waals surface area contributed by atoms with Gasteiger partial charge in [-0.3, -0.25) is 0 Å². The van der Waals surface area contributed by atoms with Crippen molar-refractivity contribution in [2.45, 2.75) is 39.7 Å². The molecule has 1 saturated heterocycles. The van der Waals surface area contributed by atoms with Gasteiger partial charge in [-0.15, -0.1) is 10.2 Å². The summed E-state index contributed by atoms with van der Waals surface area (Å²) >= 11 is 0. The maximum Gasteiger partial charge on any atom is 0.176 e. The maximum absolute atomic E-state index is 9.67. The fourth-order valence-corrected chi connectivity index (χ4v) is 3.07. The predicted octanol–water partition coefficient (Wildman–Crippen LogP) is 1.88. The van der Waals surface area contributed by atoms with E-state index >= 15 is 0 Å². The fraction of sp³-hybridized carbons (Fsp3) is 0.562. The fourth-order valence-electron chi connectivity index (χ4n) is 3.07. The molecule has 2 aromatic heterocycles. The van der Waals surface area contributed by atoms with Crippen LogP contribution >= 0.6 is 0 Å². The predicted molar refractivity (Wildman–Crippen MR) is 85.2 cm³/mol. The minimum atomic E-state index is -0.221. The summed E-state index contributed by atoms with van der Waals surface area (Å²) in [6.45, 7) is 7.70. The quantitative estimate of drug-likeness (QED) is 0.937. The molecule has 118 valence electrons. The number of nitrogens with zero attached hydrogens (tertiary/aromatic N) is 5. The Morgan fingerprint density at radius 1 is 1.14 bits per heavy atom. The molecule has 0 spiro atoms. The van der Waals surface area contributed by atoms with E-state index in [0.29, 0.717) is 5.92 Å². The van der Waals surface area contributed by atoms with Crippen LogP contribution < -0.4 is 4.90 Å². The Hall–Kier alpha value is -1.95. The van der Waals surface area contributed by atoms with Crippen molar-refractivity contribution in [3.63, 3.8) is 0 Å². The van der Waals surface area contributed by atoms with E-state index in [2.05, 4.69) is 20.2 Å². The second-order valence-corrected chi connectivity index (χ2v) is 6.15. The Kier molecular flexibility index (Phi) is 4.11. The maximum atomic E-state index is 9.67. The SMILES string of the molecule is Cc1cc(C)n(-c2ccc(N3CCC(C(C)O)CC3)nn2)n1. The zero-order valence-electron chi connectivity index (χ0n) is 13.4. The van der Waals surface area contributed by atoms with Crippen molar-refractivity contribution in [2.75, 3.05) is 18.0 Å². The molecule has 0 aromatic carbocycles. The van der Waals surface area contributed by atoms with Gasteiger partial charge in [0.05, 0.1) is 11.8 Å². The Morgan fingerprint density at radius 2 is 1.77 bits per heavy atom. The van der Waals surface area contributed by atoms with Crippen LogP contribution in [0.1, 0.15) is 31.2 Å². The highest BCUT2D eigenvalue weighted by atomic mass is 16.3. The largest absolute Gasteiger partial charge is 0.393 e. The minimum Gasteiger partial charge on any atom is -0.393 e. The third-order valence-electron chi connectivity index (χ3n) is 4.41. The van der Waals surface area contributed by atoms with E-state index < -0.39 is 0 Å². The average Bonchev–Trinajstić information content (AvgIpc) is 2.86. The molecule has 1 unspecified atom stereocenters. The number of aryl methyl sites for hydroxylation is 2. The molecule has 22 heavy (non-hydrogen) atoms. The average molecular weight is 301 g/mol. The van der Waals surface area contributed by atoms with Crippen LogP contribution in [0.4, 0.5) is 5.82 Å². The van der Waals surface area contributed by atoms with E-state index in [4.69, 9.17) is 0 Å². The molecule has 1 atom stereocenters. The smallest absolute Gasteiger partial charge is 0.176 e. The van der Waals surface area contributed by atoms with Crippen LogP contribution in [0.15, 0.2) is 18.2 Å². The number of aliphatic hydroxyl groups is 1. The Balaban J connectivity index is 1.71. The van der Waals surface area contributed by atoms with Crippen LogP contribution in [0.3, 0.4) is 0 Å². The van der Waals surface area contributed by atoms with Crippen molar-refractivity contribution in [3.8, 4) is 5.82 Å². The summed E-state index contributed by atoms with van der Waals surface area (Å²) in [5.74, 6) is 2.04. The summed E-state index contributed by atoms with van der Waals surface area (Å²) in [7, 11) is 0. The van der Waals surface area contributed by atoms with Gasteiger partial charge in [0.1, 0.15) is 0 Å². The number of hydrogen-bond donors (Lipinski definition) is 1. The van der Waals surface area contributed by atoms with Crippen molar-refractivity contribution in [3.05, 3.63) is 29.6 Å². The van der Waals surface area contributed by atoms with Gasteiger partial charge in [-0.25, -0.2) is 4.68 Å². The Morgan fingerprint density at radius 3 is 2.27 bits per heavy atom. The molecule has 0 bridgehead atoms. The first-order chi connectivity index (χ1) is 10.5. The van der Waals surface area contributed by atoms with Gasteiger partial charge in [0.2, 0.25) is 0 Å². The van der Waals surface area contributed by atoms with Gasteiger partial charge in [0.25, 0.3) is 0 Å². The van der Waals surface area contributed by atoms with E-state index in [9.17, 15) is 5.11 Å². The highest BCUT2D eigenvalue weighted by Crippen LogP contribution is 2.24. The summed E-state index contributed by atoms with van der Waals surface area (Å²) in [4.78, 5) is 2.23. The van der Waals surface area contributed by atoms with E-state index in [-0.39, 0.29) is 6.10 Å². The standard InChI is InChI=1S/C16H23N5O/c1-11-10-12(2)21(19-11)16-5-4-15(17-18-16)20-8-6-14(7-9-20)13(3)22/h4-5,10,13-14,22H,6-9H2,1-3H3. The van der Waals surface area contributed by atoms with Gasteiger partial charge in [0, 0.05) is 18.8 Å². The molecule has 6 nitrogen and oxygen atoms in total. The minimum absolute atomic E-state index is 0.221. The first-order valence-electron chi connectivity index (χ1n) is 7.85. The number of anilines is 1. The van der Waals surface area contributed by atoms with Gasteiger partial charge in [-0.05, 0) is 57.7 Å². The van der Waals surface area contributed by atoms with Crippen molar-refractivity contribution in [1.29, 1.82) is 0 Å². The second kappa shape index (κ2) is 6.04. The summed E-state index contributed by atoms with van der Waals surface area (Å²) < 4.78 is 1.81. The lowest BCUT2D eigenvalue weighted by molar-refractivity contribution is 0.109. The number of aromatic nitrogens is 4. The molecule has 3 rings (SSSR count). The topological polar surface area (TPSA) is 67.1 Å². The molecule has 2 aromatic rings. The zero-order chi connectivity index (χ0) is 15.7. The first kappa shape index (κ1) is 15.0. The molecule has 6 heteroatoms. The van der Waals surface area contributed by atoms with Crippen LogP contribution in [0.2, 0.25) is 0 Å². The monoisotopic (exact) mass is 301 g/mol. The summed E-state index contributed by atoms with van der Waals surface area (Å²) in [5.41, 5.74) is 2.03. The number of piperidine rings is 1. The van der Waals surface area contributed by atoms with Crippen molar-refractivity contribution in [1.82, 2.24) is 20.0 Å². The van der Waals surface area contributed by atoms with Crippen molar-refractivity contribution < 1.29 is 5.11 Å². The van der Waals surface area contributed by atoms with E-state index in [1.807, 2.05) is 43.7 Å². The molecule has 3 heterocycles. The van der Waals surface area contributed by atoms with Gasteiger partial charge < -0.3 is 10.0 Å². The molecule has 1 N–H and O–H groups in total. The molecule has 1 fully saturated rings. The lowest BCUT2D eigenvalue weighted by Gasteiger charge is -2.33. The number of rotatable bonds is 3. The molecule has 0 saturated carbocycles. The van der Waals surface area contributed by atoms with E-state index in [0.717, 1.165) is 49.0 Å². The molecule has 1 aliphatic rings. The highest BCUT2D eigenvalue weighted by Gasteiger charge is 2.23. The van der Waals surface area contributed by atoms with Crippen LogP contribution in [0.5, 0.6) is 0 Å². The van der Waals surface area contributed by atoms with E-state index in [1.165, 1.54) is 0 Å². The van der Waals surface area contributed by atoms with Crippen molar-refractivity contribution >= 4 is 5.82 Å². The van der Waals surface area contributed by atoms with Crippen LogP contribution in [-0.2, 0) is 0 Å². The van der Waals surface area contributed by atoms with Gasteiger partial charge in [-0.1, -0.05) is 0 Å². The van der Waals surface area contributed by atoms with Gasteiger partial charge >= 0.3 is 0 Å². The molecular weight excluding hydrogens is 278 g/mol. The molecule has 0 amide bonds.